The molecule has 0 amide bonds. The molecule has 15 heavy (non-hydrogen) atoms. The number of hydrogen-bond donors (Lipinski definition) is 0. The Hall–Kier alpha value is -1.55. The Labute approximate surface area is 91.8 Å². The molecule has 0 N–H and O–H groups in total. The molecule has 4 heteroatoms. The van der Waals surface area contributed by atoms with Crippen LogP contribution in [-0.2, 0) is 6.42 Å². The first-order valence-corrected chi connectivity index (χ1v) is 5.47. The van der Waals surface area contributed by atoms with Gasteiger partial charge in [-0.15, -0.1) is 11.3 Å². The van der Waals surface area contributed by atoms with Crippen LogP contribution in [0.4, 0.5) is 0 Å². The maximum Gasteiger partial charge on any atom is 0.180 e. The second kappa shape index (κ2) is 4.31. The van der Waals surface area contributed by atoms with E-state index in [9.17, 15) is 4.79 Å². The lowest BCUT2D eigenvalue weighted by molar-refractivity contribution is 0.0995. The Morgan fingerprint density at radius 2 is 2.40 bits per heavy atom. The minimum absolute atomic E-state index is 0.0827. The third-order valence-corrected chi connectivity index (χ3v) is 2.97. The van der Waals surface area contributed by atoms with Crippen molar-refractivity contribution in [2.24, 2.45) is 0 Å². The zero-order valence-corrected chi connectivity index (χ0v) is 9.12. The minimum atomic E-state index is 0.0827. The summed E-state index contributed by atoms with van der Waals surface area (Å²) < 4.78 is 0. The van der Waals surface area contributed by atoms with Crippen LogP contribution in [0.3, 0.4) is 0 Å². The standard InChI is InChI=1S/C11H10N2OS/c1-8-3-2-4-13-9(8)5-10(14)11-6-12-7-15-11/h2-4,6-7H,5H2,1H3. The third kappa shape index (κ3) is 2.27. The van der Waals surface area contributed by atoms with Gasteiger partial charge in [-0.1, -0.05) is 6.07 Å². The Morgan fingerprint density at radius 3 is 3.07 bits per heavy atom. The highest BCUT2D eigenvalue weighted by Gasteiger charge is 2.10. The predicted molar refractivity (Wildman–Crippen MR) is 59.1 cm³/mol. The summed E-state index contributed by atoms with van der Waals surface area (Å²) in [6.07, 6.45) is 3.67. The second-order valence-electron chi connectivity index (χ2n) is 3.23. The Bertz CT molecular complexity index is 465. The fourth-order valence-electron chi connectivity index (χ4n) is 1.30. The lowest BCUT2D eigenvalue weighted by atomic mass is 10.1. The Kier molecular flexibility index (Phi) is 2.87. The van der Waals surface area contributed by atoms with Gasteiger partial charge in [-0.25, -0.2) is 0 Å². The topological polar surface area (TPSA) is 42.9 Å². The molecule has 0 fully saturated rings. The number of Topliss-reactive ketones (excluding diaryl/α,β-unsaturated/α-hetero) is 1. The van der Waals surface area contributed by atoms with Crippen molar-refractivity contribution in [1.29, 1.82) is 0 Å². The van der Waals surface area contributed by atoms with Crippen molar-refractivity contribution in [3.05, 3.63) is 46.2 Å². The second-order valence-corrected chi connectivity index (χ2v) is 4.12. The minimum Gasteiger partial charge on any atom is -0.293 e. The molecule has 0 bridgehead atoms. The molecule has 0 aromatic carbocycles. The highest BCUT2D eigenvalue weighted by molar-refractivity contribution is 7.11. The first-order valence-electron chi connectivity index (χ1n) is 4.59. The maximum absolute atomic E-state index is 11.8. The molecule has 2 aromatic rings. The summed E-state index contributed by atoms with van der Waals surface area (Å²) >= 11 is 1.37. The first kappa shape index (κ1) is 9.98. The number of pyridine rings is 1. The van der Waals surface area contributed by atoms with Crippen LogP contribution in [0.15, 0.2) is 30.0 Å². The number of carbonyl (C=O) groups is 1. The van der Waals surface area contributed by atoms with Gasteiger partial charge in [0.05, 0.1) is 22.5 Å². The normalized spacial score (nSPS) is 10.2. The Morgan fingerprint density at radius 1 is 1.53 bits per heavy atom. The number of thiazole rings is 1. The van der Waals surface area contributed by atoms with Crippen LogP contribution in [0.1, 0.15) is 20.9 Å². The molecule has 0 spiro atoms. The van der Waals surface area contributed by atoms with Gasteiger partial charge in [0, 0.05) is 12.4 Å². The van der Waals surface area contributed by atoms with E-state index >= 15 is 0 Å². The van der Waals surface area contributed by atoms with Gasteiger partial charge in [0.1, 0.15) is 0 Å². The molecule has 0 saturated heterocycles. The number of aryl methyl sites for hydroxylation is 1. The van der Waals surface area contributed by atoms with E-state index in [1.54, 1.807) is 17.9 Å². The van der Waals surface area contributed by atoms with Crippen molar-refractivity contribution >= 4 is 17.1 Å². The van der Waals surface area contributed by atoms with Crippen molar-refractivity contribution < 1.29 is 4.79 Å². The molecule has 0 atom stereocenters. The van der Waals surface area contributed by atoms with E-state index in [2.05, 4.69) is 9.97 Å². The van der Waals surface area contributed by atoms with Crippen LogP contribution in [0, 0.1) is 6.92 Å². The van der Waals surface area contributed by atoms with Crippen LogP contribution in [-0.4, -0.2) is 15.8 Å². The molecule has 2 aromatic heterocycles. The van der Waals surface area contributed by atoms with Crippen molar-refractivity contribution in [2.45, 2.75) is 13.3 Å². The van der Waals surface area contributed by atoms with Crippen LogP contribution in [0.5, 0.6) is 0 Å². The third-order valence-electron chi connectivity index (χ3n) is 2.15. The van der Waals surface area contributed by atoms with Crippen molar-refractivity contribution in [1.82, 2.24) is 9.97 Å². The summed E-state index contributed by atoms with van der Waals surface area (Å²) in [5.74, 6) is 0.0827. The summed E-state index contributed by atoms with van der Waals surface area (Å²) in [5.41, 5.74) is 3.56. The lowest BCUT2D eigenvalue weighted by Crippen LogP contribution is -2.04. The fraction of sp³-hybridized carbons (Fsp3) is 0.182. The summed E-state index contributed by atoms with van der Waals surface area (Å²) in [4.78, 5) is 20.5. The maximum atomic E-state index is 11.8. The molecule has 76 valence electrons. The molecule has 0 aliphatic rings. The fourth-order valence-corrected chi connectivity index (χ4v) is 1.86. The van der Waals surface area contributed by atoms with Gasteiger partial charge in [0.15, 0.2) is 5.78 Å². The molecule has 0 aliphatic heterocycles. The zero-order valence-electron chi connectivity index (χ0n) is 8.30. The van der Waals surface area contributed by atoms with E-state index < -0.39 is 0 Å². The van der Waals surface area contributed by atoms with E-state index in [4.69, 9.17) is 0 Å². The predicted octanol–water partition coefficient (Wildman–Crippen LogP) is 2.27. The van der Waals surface area contributed by atoms with E-state index in [1.807, 2.05) is 19.1 Å². The van der Waals surface area contributed by atoms with Gasteiger partial charge in [-0.2, -0.15) is 0 Å². The highest BCUT2D eigenvalue weighted by Crippen LogP contribution is 2.11. The van der Waals surface area contributed by atoms with Crippen LogP contribution in [0.2, 0.25) is 0 Å². The number of nitrogens with zero attached hydrogens (tertiary/aromatic N) is 2. The number of carbonyl (C=O) groups excluding carboxylic acids is 1. The average Bonchev–Trinajstić information content (AvgIpc) is 2.74. The van der Waals surface area contributed by atoms with Gasteiger partial charge in [-0.3, -0.25) is 14.8 Å². The average molecular weight is 218 g/mol. The number of rotatable bonds is 3. The van der Waals surface area contributed by atoms with E-state index in [1.165, 1.54) is 11.3 Å². The lowest BCUT2D eigenvalue weighted by Gasteiger charge is -2.01. The van der Waals surface area contributed by atoms with E-state index in [-0.39, 0.29) is 5.78 Å². The van der Waals surface area contributed by atoms with Crippen molar-refractivity contribution in [2.75, 3.05) is 0 Å². The molecular weight excluding hydrogens is 208 g/mol. The summed E-state index contributed by atoms with van der Waals surface area (Å²) in [6, 6.07) is 3.83. The number of ketones is 1. The molecule has 0 radical (unpaired) electrons. The SMILES string of the molecule is Cc1cccnc1CC(=O)c1cncs1. The molecule has 2 heterocycles. The van der Waals surface area contributed by atoms with Gasteiger partial charge in [0.2, 0.25) is 0 Å². The molecule has 0 unspecified atom stereocenters. The van der Waals surface area contributed by atoms with Gasteiger partial charge >= 0.3 is 0 Å². The molecular formula is C11H10N2OS. The summed E-state index contributed by atoms with van der Waals surface area (Å²) in [6.45, 7) is 1.96. The van der Waals surface area contributed by atoms with Crippen molar-refractivity contribution in [3.8, 4) is 0 Å². The van der Waals surface area contributed by atoms with E-state index in [0.717, 1.165) is 11.3 Å². The highest BCUT2D eigenvalue weighted by atomic mass is 32.1. The van der Waals surface area contributed by atoms with Gasteiger partial charge in [0.25, 0.3) is 0 Å². The summed E-state index contributed by atoms with van der Waals surface area (Å²) in [5, 5.41) is 0. The molecule has 3 nitrogen and oxygen atoms in total. The Balaban J connectivity index is 2.17. The zero-order chi connectivity index (χ0) is 10.7. The van der Waals surface area contributed by atoms with Crippen LogP contribution < -0.4 is 0 Å². The van der Waals surface area contributed by atoms with Crippen LogP contribution >= 0.6 is 11.3 Å². The number of hydrogen-bond acceptors (Lipinski definition) is 4. The number of aromatic nitrogens is 2. The van der Waals surface area contributed by atoms with Gasteiger partial charge in [-0.05, 0) is 18.6 Å². The smallest absolute Gasteiger partial charge is 0.180 e. The molecule has 2 rings (SSSR count). The molecule has 0 saturated carbocycles. The molecule has 0 aliphatic carbocycles. The van der Waals surface area contributed by atoms with Crippen LogP contribution in [0.25, 0.3) is 0 Å². The first-order chi connectivity index (χ1) is 7.27. The quantitative estimate of drug-likeness (QED) is 0.742. The summed E-state index contributed by atoms with van der Waals surface area (Å²) in [7, 11) is 0. The monoisotopic (exact) mass is 218 g/mol. The largest absolute Gasteiger partial charge is 0.293 e. The van der Waals surface area contributed by atoms with Crippen molar-refractivity contribution in [3.63, 3.8) is 0 Å². The van der Waals surface area contributed by atoms with Gasteiger partial charge < -0.3 is 0 Å². The van der Waals surface area contributed by atoms with E-state index in [0.29, 0.717) is 11.3 Å².